The van der Waals surface area contributed by atoms with Crippen molar-refractivity contribution in [2.75, 3.05) is 26.2 Å². The molecule has 2 saturated heterocycles. The van der Waals surface area contributed by atoms with Crippen LogP contribution in [-0.4, -0.2) is 37.1 Å². The normalized spacial score (nSPS) is 31.0. The molecule has 3 heteroatoms. The molecule has 0 bridgehead atoms. The molecule has 1 aromatic rings. The van der Waals surface area contributed by atoms with Gasteiger partial charge in [-0.25, -0.2) is 4.39 Å². The molecule has 0 radical (unpaired) electrons. The predicted octanol–water partition coefficient (Wildman–Crippen LogP) is 2.83. The van der Waals surface area contributed by atoms with Gasteiger partial charge in [-0.2, -0.15) is 0 Å². The van der Waals surface area contributed by atoms with Crippen LogP contribution in [0.15, 0.2) is 24.3 Å². The van der Waals surface area contributed by atoms with Crippen LogP contribution in [0.4, 0.5) is 4.39 Å². The van der Waals surface area contributed by atoms with Gasteiger partial charge in [-0.15, -0.1) is 0 Å². The summed E-state index contributed by atoms with van der Waals surface area (Å²) >= 11 is 0. The van der Waals surface area contributed by atoms with E-state index in [1.807, 2.05) is 6.07 Å². The maximum Gasteiger partial charge on any atom is 0.123 e. The van der Waals surface area contributed by atoms with Crippen LogP contribution in [-0.2, 0) is 6.42 Å². The summed E-state index contributed by atoms with van der Waals surface area (Å²) in [5, 5.41) is 3.48. The summed E-state index contributed by atoms with van der Waals surface area (Å²) < 4.78 is 13.3. The summed E-state index contributed by atoms with van der Waals surface area (Å²) in [5.74, 6) is -0.112. The van der Waals surface area contributed by atoms with Gasteiger partial charge in [0.15, 0.2) is 0 Å². The standard InChI is InChI=1S/C17H25FN2/c1-17(7-8-19-12-17)13-20-9-3-6-16(20)11-14-4-2-5-15(18)10-14/h2,4-5,10,16,19H,3,6-9,11-13H2,1H3. The van der Waals surface area contributed by atoms with E-state index in [4.69, 9.17) is 0 Å². The van der Waals surface area contributed by atoms with Crippen molar-refractivity contribution in [3.05, 3.63) is 35.6 Å². The van der Waals surface area contributed by atoms with Crippen LogP contribution in [0.25, 0.3) is 0 Å². The van der Waals surface area contributed by atoms with Gasteiger partial charge in [0.1, 0.15) is 5.82 Å². The lowest BCUT2D eigenvalue weighted by Gasteiger charge is -2.33. The highest BCUT2D eigenvalue weighted by Gasteiger charge is 2.34. The molecule has 0 amide bonds. The smallest absolute Gasteiger partial charge is 0.123 e. The molecule has 2 atom stereocenters. The molecular formula is C17H25FN2. The van der Waals surface area contributed by atoms with Crippen LogP contribution in [0, 0.1) is 11.2 Å². The summed E-state index contributed by atoms with van der Waals surface area (Å²) in [5.41, 5.74) is 1.56. The Morgan fingerprint density at radius 1 is 1.45 bits per heavy atom. The average molecular weight is 276 g/mol. The highest BCUT2D eigenvalue weighted by Crippen LogP contribution is 2.30. The first-order chi connectivity index (χ1) is 9.65. The number of hydrogen-bond donors (Lipinski definition) is 1. The van der Waals surface area contributed by atoms with Gasteiger partial charge in [0.25, 0.3) is 0 Å². The maximum absolute atomic E-state index is 13.3. The largest absolute Gasteiger partial charge is 0.316 e. The zero-order chi connectivity index (χ0) is 14.0. The molecule has 20 heavy (non-hydrogen) atoms. The van der Waals surface area contributed by atoms with E-state index in [0.717, 1.165) is 25.1 Å². The predicted molar refractivity (Wildman–Crippen MR) is 80.3 cm³/mol. The third-order valence-corrected chi connectivity index (χ3v) is 4.90. The van der Waals surface area contributed by atoms with E-state index in [2.05, 4.69) is 23.2 Å². The lowest BCUT2D eigenvalue weighted by Crippen LogP contribution is -2.41. The van der Waals surface area contributed by atoms with Crippen molar-refractivity contribution in [3.8, 4) is 0 Å². The van der Waals surface area contributed by atoms with E-state index in [9.17, 15) is 4.39 Å². The molecule has 0 spiro atoms. The van der Waals surface area contributed by atoms with E-state index in [-0.39, 0.29) is 5.82 Å². The molecule has 2 unspecified atom stereocenters. The topological polar surface area (TPSA) is 15.3 Å². The van der Waals surface area contributed by atoms with Gasteiger partial charge in [-0.3, -0.25) is 4.90 Å². The lowest BCUT2D eigenvalue weighted by atomic mass is 9.88. The van der Waals surface area contributed by atoms with E-state index in [1.54, 1.807) is 6.07 Å². The summed E-state index contributed by atoms with van der Waals surface area (Å²) in [6.45, 7) is 7.06. The van der Waals surface area contributed by atoms with Gasteiger partial charge in [0.2, 0.25) is 0 Å². The van der Waals surface area contributed by atoms with Crippen molar-refractivity contribution in [2.24, 2.45) is 5.41 Å². The summed E-state index contributed by atoms with van der Waals surface area (Å²) in [6.07, 6.45) is 4.79. The van der Waals surface area contributed by atoms with Crippen molar-refractivity contribution in [2.45, 2.75) is 38.6 Å². The van der Waals surface area contributed by atoms with Crippen LogP contribution < -0.4 is 5.32 Å². The number of rotatable bonds is 4. The second kappa shape index (κ2) is 5.82. The van der Waals surface area contributed by atoms with Crippen LogP contribution in [0.3, 0.4) is 0 Å². The Bertz CT molecular complexity index is 454. The fourth-order valence-electron chi connectivity index (χ4n) is 3.76. The maximum atomic E-state index is 13.3. The highest BCUT2D eigenvalue weighted by atomic mass is 19.1. The van der Waals surface area contributed by atoms with Gasteiger partial charge in [-0.1, -0.05) is 19.1 Å². The Morgan fingerprint density at radius 3 is 3.10 bits per heavy atom. The number of hydrogen-bond acceptors (Lipinski definition) is 2. The van der Waals surface area contributed by atoms with Gasteiger partial charge in [0.05, 0.1) is 0 Å². The monoisotopic (exact) mass is 276 g/mol. The highest BCUT2D eigenvalue weighted by molar-refractivity contribution is 5.17. The first-order valence-electron chi connectivity index (χ1n) is 7.84. The lowest BCUT2D eigenvalue weighted by molar-refractivity contribution is 0.164. The number of nitrogens with zero attached hydrogens (tertiary/aromatic N) is 1. The summed E-state index contributed by atoms with van der Waals surface area (Å²) in [6, 6.07) is 7.69. The molecule has 0 aromatic heterocycles. The molecule has 3 rings (SSSR count). The number of nitrogens with one attached hydrogen (secondary N) is 1. The molecular weight excluding hydrogens is 251 g/mol. The zero-order valence-electron chi connectivity index (χ0n) is 12.4. The molecule has 2 nitrogen and oxygen atoms in total. The SMILES string of the molecule is CC1(CN2CCCC2Cc2cccc(F)c2)CCNC1. The van der Waals surface area contributed by atoms with Crippen LogP contribution in [0.1, 0.15) is 31.7 Å². The Morgan fingerprint density at radius 2 is 2.35 bits per heavy atom. The quantitative estimate of drug-likeness (QED) is 0.909. The molecule has 1 aromatic carbocycles. The van der Waals surface area contributed by atoms with Crippen molar-refractivity contribution in [1.29, 1.82) is 0 Å². The Balaban J connectivity index is 1.63. The molecule has 2 heterocycles. The third-order valence-electron chi connectivity index (χ3n) is 4.90. The minimum atomic E-state index is -0.112. The van der Waals surface area contributed by atoms with E-state index >= 15 is 0 Å². The molecule has 110 valence electrons. The number of benzene rings is 1. The van der Waals surface area contributed by atoms with Gasteiger partial charge >= 0.3 is 0 Å². The Hall–Kier alpha value is -0.930. The molecule has 2 aliphatic rings. The Labute approximate surface area is 121 Å². The number of halogens is 1. The molecule has 0 aliphatic carbocycles. The van der Waals surface area contributed by atoms with Crippen LogP contribution >= 0.6 is 0 Å². The summed E-state index contributed by atoms with van der Waals surface area (Å²) in [7, 11) is 0. The van der Waals surface area contributed by atoms with Crippen molar-refractivity contribution in [3.63, 3.8) is 0 Å². The zero-order valence-corrected chi connectivity index (χ0v) is 12.4. The van der Waals surface area contributed by atoms with Crippen molar-refractivity contribution in [1.82, 2.24) is 10.2 Å². The second-order valence-electron chi connectivity index (χ2n) is 6.84. The first-order valence-corrected chi connectivity index (χ1v) is 7.84. The van der Waals surface area contributed by atoms with Gasteiger partial charge in [-0.05, 0) is 61.9 Å². The van der Waals surface area contributed by atoms with Gasteiger partial charge in [0, 0.05) is 19.1 Å². The van der Waals surface area contributed by atoms with Crippen LogP contribution in [0.5, 0.6) is 0 Å². The van der Waals surface area contributed by atoms with Crippen molar-refractivity contribution < 1.29 is 4.39 Å². The van der Waals surface area contributed by atoms with E-state index < -0.39 is 0 Å². The molecule has 0 saturated carbocycles. The van der Waals surface area contributed by atoms with Crippen LogP contribution in [0.2, 0.25) is 0 Å². The van der Waals surface area contributed by atoms with E-state index in [1.165, 1.54) is 38.4 Å². The molecule has 2 aliphatic heterocycles. The Kier molecular flexibility index (Phi) is 4.08. The molecule has 2 fully saturated rings. The fraction of sp³-hybridized carbons (Fsp3) is 0.647. The number of likely N-dealkylation sites (tertiary alicyclic amines) is 1. The van der Waals surface area contributed by atoms with Crippen molar-refractivity contribution >= 4 is 0 Å². The minimum Gasteiger partial charge on any atom is -0.316 e. The fourth-order valence-corrected chi connectivity index (χ4v) is 3.76. The molecule has 1 N–H and O–H groups in total. The first kappa shape index (κ1) is 14.0. The third kappa shape index (κ3) is 3.21. The average Bonchev–Trinajstić information content (AvgIpc) is 3.00. The second-order valence-corrected chi connectivity index (χ2v) is 6.84. The van der Waals surface area contributed by atoms with Gasteiger partial charge < -0.3 is 5.32 Å². The van der Waals surface area contributed by atoms with E-state index in [0.29, 0.717) is 11.5 Å². The summed E-state index contributed by atoms with van der Waals surface area (Å²) in [4.78, 5) is 2.64. The minimum absolute atomic E-state index is 0.112.